The van der Waals surface area contributed by atoms with Crippen molar-refractivity contribution in [3.8, 4) is 17.2 Å². The Morgan fingerprint density at radius 1 is 0.688 bits per heavy atom. The van der Waals surface area contributed by atoms with Crippen LogP contribution in [-0.2, 0) is 25.5 Å². The van der Waals surface area contributed by atoms with E-state index in [-0.39, 0.29) is 6.61 Å². The minimum atomic E-state index is -1.35. The molecule has 1 aliphatic rings. The topological polar surface area (TPSA) is 66.5 Å². The van der Waals surface area contributed by atoms with Gasteiger partial charge in [-0.1, -0.05) is 36.4 Å². The van der Waals surface area contributed by atoms with Crippen molar-refractivity contribution in [2.24, 2.45) is 0 Å². The van der Waals surface area contributed by atoms with Crippen LogP contribution in [-0.4, -0.2) is 33.9 Å². The normalized spacial score (nSPS) is 18.5. The Morgan fingerprint density at radius 3 is 1.41 bits per heavy atom. The maximum atomic E-state index is 13.5. The molecule has 1 heterocycles. The lowest BCUT2D eigenvalue weighted by atomic mass is 9.77. The number of epoxide rings is 1. The molecule has 4 rings (SSSR count). The molecule has 0 aromatic heterocycles. The Balaban J connectivity index is 1.93. The quantitative estimate of drug-likeness (QED) is 0.386. The monoisotopic (exact) mass is 434 g/mol. The molecule has 6 heteroatoms. The summed E-state index contributed by atoms with van der Waals surface area (Å²) in [7, 11) is 4.83. The van der Waals surface area contributed by atoms with Crippen molar-refractivity contribution in [2.45, 2.75) is 18.1 Å². The van der Waals surface area contributed by atoms with Crippen molar-refractivity contribution in [1.82, 2.24) is 0 Å². The first-order chi connectivity index (χ1) is 15.5. The van der Waals surface area contributed by atoms with Gasteiger partial charge in [0.05, 0.1) is 27.9 Å². The van der Waals surface area contributed by atoms with Crippen molar-refractivity contribution in [3.63, 3.8) is 0 Å². The molecular weight excluding hydrogens is 408 g/mol. The van der Waals surface area contributed by atoms with E-state index in [0.717, 1.165) is 11.1 Å². The highest BCUT2D eigenvalue weighted by molar-refractivity contribution is 5.89. The van der Waals surface area contributed by atoms with Crippen LogP contribution >= 0.6 is 0 Å². The van der Waals surface area contributed by atoms with Crippen molar-refractivity contribution in [1.29, 1.82) is 0 Å². The van der Waals surface area contributed by atoms with E-state index >= 15 is 0 Å². The third kappa shape index (κ3) is 3.28. The first-order valence-corrected chi connectivity index (χ1v) is 10.4. The molecule has 3 aromatic rings. The average Bonchev–Trinajstić information content (AvgIpc) is 3.57. The van der Waals surface area contributed by atoms with E-state index < -0.39 is 17.2 Å². The number of carbonyl (C=O) groups excluding carboxylic acids is 1. The van der Waals surface area contributed by atoms with Crippen LogP contribution < -0.4 is 14.2 Å². The van der Waals surface area contributed by atoms with Crippen molar-refractivity contribution in [2.75, 3.05) is 27.9 Å². The highest BCUT2D eigenvalue weighted by atomic mass is 16.7. The van der Waals surface area contributed by atoms with Crippen LogP contribution in [0.4, 0.5) is 0 Å². The maximum absolute atomic E-state index is 13.5. The Labute approximate surface area is 187 Å². The fourth-order valence-corrected chi connectivity index (χ4v) is 4.17. The van der Waals surface area contributed by atoms with Gasteiger partial charge in [-0.15, -0.1) is 0 Å². The molecule has 166 valence electrons. The zero-order chi connectivity index (χ0) is 22.8. The van der Waals surface area contributed by atoms with Crippen LogP contribution in [0.15, 0.2) is 72.8 Å². The number of rotatable bonds is 8. The Morgan fingerprint density at radius 2 is 1.06 bits per heavy atom. The Hall–Kier alpha value is -3.51. The number of hydrogen-bond acceptors (Lipinski definition) is 6. The smallest absolute Gasteiger partial charge is 0.347 e. The molecule has 1 fully saturated rings. The molecule has 0 amide bonds. The van der Waals surface area contributed by atoms with E-state index in [1.807, 2.05) is 72.8 Å². The van der Waals surface area contributed by atoms with Gasteiger partial charge >= 0.3 is 5.97 Å². The summed E-state index contributed by atoms with van der Waals surface area (Å²) in [6.07, 6.45) is 0. The van der Waals surface area contributed by atoms with Crippen LogP contribution in [0.2, 0.25) is 0 Å². The lowest BCUT2D eigenvalue weighted by Gasteiger charge is -2.21. The van der Waals surface area contributed by atoms with Gasteiger partial charge in [-0.05, 0) is 60.0 Å². The summed E-state index contributed by atoms with van der Waals surface area (Å²) in [5.74, 6) is 1.67. The molecule has 1 aliphatic heterocycles. The third-order valence-corrected chi connectivity index (χ3v) is 5.81. The fraction of sp³-hybridized carbons (Fsp3) is 0.269. The number of hydrogen-bond donors (Lipinski definition) is 0. The van der Waals surface area contributed by atoms with Gasteiger partial charge in [-0.2, -0.15) is 0 Å². The minimum Gasteiger partial charge on any atom is -0.497 e. The van der Waals surface area contributed by atoms with Crippen molar-refractivity contribution in [3.05, 3.63) is 89.5 Å². The SMILES string of the molecule is CCOC(=O)C1(c2ccc(OC)cc2)OC1(c1ccc(OC)cc1)c1ccc(OC)cc1. The molecule has 0 saturated carbocycles. The molecule has 0 spiro atoms. The van der Waals surface area contributed by atoms with Gasteiger partial charge in [0.1, 0.15) is 17.2 Å². The van der Waals surface area contributed by atoms with Crippen LogP contribution in [0.3, 0.4) is 0 Å². The lowest BCUT2D eigenvalue weighted by Crippen LogP contribution is -2.33. The molecule has 1 unspecified atom stereocenters. The van der Waals surface area contributed by atoms with E-state index in [0.29, 0.717) is 22.8 Å². The summed E-state index contributed by atoms with van der Waals surface area (Å²) < 4.78 is 28.0. The molecule has 3 aromatic carbocycles. The standard InChI is InChI=1S/C26H26O6/c1-5-31-24(27)26(20-10-16-23(30-4)17-11-20)25(32-26,18-6-12-21(28-2)13-7-18)19-8-14-22(29-3)15-9-19/h6-17H,5H2,1-4H3. The first-order valence-electron chi connectivity index (χ1n) is 10.4. The van der Waals surface area contributed by atoms with Crippen LogP contribution in [0.5, 0.6) is 17.2 Å². The van der Waals surface area contributed by atoms with Crippen LogP contribution in [0.1, 0.15) is 23.6 Å². The predicted molar refractivity (Wildman–Crippen MR) is 119 cm³/mol. The van der Waals surface area contributed by atoms with Gasteiger partial charge < -0.3 is 23.7 Å². The second kappa shape index (κ2) is 8.55. The van der Waals surface area contributed by atoms with Crippen molar-refractivity contribution >= 4 is 5.97 Å². The second-order valence-electron chi connectivity index (χ2n) is 7.37. The molecule has 0 N–H and O–H groups in total. The molecule has 1 saturated heterocycles. The molecule has 1 atom stereocenters. The minimum absolute atomic E-state index is 0.238. The summed E-state index contributed by atoms with van der Waals surface area (Å²) >= 11 is 0. The Kier molecular flexibility index (Phi) is 5.80. The maximum Gasteiger partial charge on any atom is 0.347 e. The lowest BCUT2D eigenvalue weighted by molar-refractivity contribution is -0.150. The zero-order valence-electron chi connectivity index (χ0n) is 18.6. The largest absolute Gasteiger partial charge is 0.497 e. The molecule has 32 heavy (non-hydrogen) atoms. The van der Waals surface area contributed by atoms with Gasteiger partial charge in [-0.3, -0.25) is 0 Å². The summed E-state index contributed by atoms with van der Waals surface area (Å²) in [5, 5.41) is 0. The van der Waals surface area contributed by atoms with E-state index in [2.05, 4.69) is 0 Å². The molecule has 0 radical (unpaired) electrons. The highest BCUT2D eigenvalue weighted by Gasteiger charge is 2.78. The van der Waals surface area contributed by atoms with Gasteiger partial charge in [0.15, 0.2) is 5.60 Å². The number of benzene rings is 3. The Bertz CT molecular complexity index is 1030. The van der Waals surface area contributed by atoms with Gasteiger partial charge in [0, 0.05) is 0 Å². The van der Waals surface area contributed by atoms with E-state index in [4.69, 9.17) is 23.7 Å². The molecule has 0 bridgehead atoms. The predicted octanol–water partition coefficient (Wildman–Crippen LogP) is 4.44. The zero-order valence-corrected chi connectivity index (χ0v) is 18.6. The van der Waals surface area contributed by atoms with Gasteiger partial charge in [0.2, 0.25) is 5.60 Å². The second-order valence-corrected chi connectivity index (χ2v) is 7.37. The van der Waals surface area contributed by atoms with Crippen molar-refractivity contribution < 1.29 is 28.5 Å². The molecule has 6 nitrogen and oxygen atoms in total. The fourth-order valence-electron chi connectivity index (χ4n) is 4.17. The van der Waals surface area contributed by atoms with Crippen LogP contribution in [0, 0.1) is 0 Å². The molecular formula is C26H26O6. The third-order valence-electron chi connectivity index (χ3n) is 5.81. The van der Waals surface area contributed by atoms with E-state index in [9.17, 15) is 4.79 Å². The first kappa shape index (κ1) is 21.7. The van der Waals surface area contributed by atoms with Crippen LogP contribution in [0.25, 0.3) is 0 Å². The summed E-state index contributed by atoms with van der Waals surface area (Å²) in [6, 6.07) is 22.4. The van der Waals surface area contributed by atoms with E-state index in [1.165, 1.54) is 0 Å². The summed E-state index contributed by atoms with van der Waals surface area (Å²) in [6.45, 7) is 2.02. The van der Waals surface area contributed by atoms with Gasteiger partial charge in [-0.25, -0.2) is 4.79 Å². The van der Waals surface area contributed by atoms with Gasteiger partial charge in [0.25, 0.3) is 0 Å². The highest BCUT2D eigenvalue weighted by Crippen LogP contribution is 2.66. The average molecular weight is 434 g/mol. The summed E-state index contributed by atoms with van der Waals surface area (Å²) in [5.41, 5.74) is -0.117. The van der Waals surface area contributed by atoms with E-state index in [1.54, 1.807) is 28.3 Å². The number of ether oxygens (including phenoxy) is 5. The summed E-state index contributed by atoms with van der Waals surface area (Å²) in [4.78, 5) is 13.5. The number of esters is 1. The molecule has 0 aliphatic carbocycles. The number of methoxy groups -OCH3 is 3. The number of carbonyl (C=O) groups is 1.